The highest BCUT2D eigenvalue weighted by Crippen LogP contribution is 2.20. The maximum absolute atomic E-state index is 5.22. The molecule has 2 N–H and O–H groups in total. The molecule has 2 heterocycles. The molecule has 0 spiro atoms. The molecule has 0 bridgehead atoms. The molecule has 2 aromatic rings. The maximum Gasteiger partial charge on any atom is 0.191 e. The van der Waals surface area contributed by atoms with Gasteiger partial charge in [0.2, 0.25) is 0 Å². The molecule has 6 nitrogen and oxygen atoms in total. The Morgan fingerprint density at radius 1 is 1.23 bits per heavy atom. The number of likely N-dealkylation sites (tertiary alicyclic amines) is 1. The lowest BCUT2D eigenvalue weighted by Gasteiger charge is -2.30. The summed E-state index contributed by atoms with van der Waals surface area (Å²) in [5, 5.41) is 10.2. The van der Waals surface area contributed by atoms with Gasteiger partial charge < -0.3 is 15.4 Å². The van der Waals surface area contributed by atoms with Crippen LogP contribution in [0.15, 0.2) is 34.6 Å². The number of rotatable bonds is 9. The molecule has 172 valence electrons. The second-order valence-electron chi connectivity index (χ2n) is 7.82. The average Bonchev–Trinajstić information content (AvgIpc) is 3.18. The Morgan fingerprint density at radius 3 is 2.58 bits per heavy atom. The van der Waals surface area contributed by atoms with Crippen molar-refractivity contribution in [2.24, 2.45) is 10.9 Å². The maximum atomic E-state index is 5.22. The van der Waals surface area contributed by atoms with Crippen LogP contribution in [0.3, 0.4) is 0 Å². The highest BCUT2D eigenvalue weighted by Gasteiger charge is 2.19. The number of hydrogen-bond donors (Lipinski definition) is 2. The normalized spacial score (nSPS) is 15.4. The number of benzene rings is 1. The van der Waals surface area contributed by atoms with Crippen molar-refractivity contribution >= 4 is 41.3 Å². The number of piperidine rings is 1. The molecule has 0 amide bonds. The van der Waals surface area contributed by atoms with Gasteiger partial charge in [-0.15, -0.1) is 35.3 Å². The summed E-state index contributed by atoms with van der Waals surface area (Å²) in [5.74, 6) is 2.48. The van der Waals surface area contributed by atoms with Crippen molar-refractivity contribution in [3.05, 3.63) is 45.9 Å². The van der Waals surface area contributed by atoms with E-state index in [1.807, 2.05) is 12.1 Å². The van der Waals surface area contributed by atoms with Crippen LogP contribution in [-0.4, -0.2) is 55.7 Å². The third-order valence-electron chi connectivity index (χ3n) is 5.48. The summed E-state index contributed by atoms with van der Waals surface area (Å²) >= 11 is 1.74. The fourth-order valence-electron chi connectivity index (χ4n) is 3.72. The molecule has 31 heavy (non-hydrogen) atoms. The average molecular weight is 558 g/mol. The minimum atomic E-state index is 0. The van der Waals surface area contributed by atoms with E-state index in [0.29, 0.717) is 5.92 Å². The lowest BCUT2D eigenvalue weighted by Crippen LogP contribution is -2.39. The predicted molar refractivity (Wildman–Crippen MR) is 141 cm³/mol. The van der Waals surface area contributed by atoms with Crippen LogP contribution in [0, 0.1) is 12.8 Å². The molecule has 0 unspecified atom stereocenters. The van der Waals surface area contributed by atoms with Crippen molar-refractivity contribution in [1.82, 2.24) is 20.5 Å². The Kier molecular flexibility index (Phi) is 11.6. The van der Waals surface area contributed by atoms with E-state index in [-0.39, 0.29) is 24.0 Å². The largest absolute Gasteiger partial charge is 0.497 e. The van der Waals surface area contributed by atoms with Crippen LogP contribution < -0.4 is 15.4 Å². The molecule has 1 aliphatic heterocycles. The Bertz CT molecular complexity index is 788. The van der Waals surface area contributed by atoms with Gasteiger partial charge in [0.05, 0.1) is 17.8 Å². The fourth-order valence-corrected chi connectivity index (χ4v) is 4.32. The SMILES string of the molecule is CCNC(=NCC1CCN(Cc2csc(C)n2)CC1)NCCc1ccc(OC)cc1.I. The summed E-state index contributed by atoms with van der Waals surface area (Å²) in [4.78, 5) is 12.0. The zero-order valence-electron chi connectivity index (χ0n) is 18.9. The van der Waals surface area contributed by atoms with Crippen LogP contribution >= 0.6 is 35.3 Å². The van der Waals surface area contributed by atoms with E-state index in [1.54, 1.807) is 18.4 Å². The van der Waals surface area contributed by atoms with E-state index in [9.17, 15) is 0 Å². The number of thiazole rings is 1. The zero-order chi connectivity index (χ0) is 21.2. The molecular weight excluding hydrogens is 521 g/mol. The quantitative estimate of drug-likeness (QED) is 0.277. The van der Waals surface area contributed by atoms with E-state index in [2.05, 4.69) is 51.9 Å². The number of nitrogens with one attached hydrogen (secondary N) is 2. The predicted octanol–water partition coefficient (Wildman–Crippen LogP) is 4.09. The number of methoxy groups -OCH3 is 1. The first-order chi connectivity index (χ1) is 14.7. The van der Waals surface area contributed by atoms with Gasteiger partial charge in [-0.25, -0.2) is 4.98 Å². The summed E-state index contributed by atoms with van der Waals surface area (Å²) in [6.45, 7) is 10.1. The van der Waals surface area contributed by atoms with Crippen LogP contribution in [0.1, 0.15) is 36.0 Å². The van der Waals surface area contributed by atoms with Crippen molar-refractivity contribution in [2.75, 3.05) is 39.8 Å². The number of aromatic nitrogens is 1. The summed E-state index contributed by atoms with van der Waals surface area (Å²) in [5.41, 5.74) is 2.51. The van der Waals surface area contributed by atoms with Crippen molar-refractivity contribution < 1.29 is 4.74 Å². The summed E-state index contributed by atoms with van der Waals surface area (Å²) in [7, 11) is 1.70. The van der Waals surface area contributed by atoms with Crippen LogP contribution in [-0.2, 0) is 13.0 Å². The topological polar surface area (TPSA) is 61.8 Å². The molecule has 1 saturated heterocycles. The number of aryl methyl sites for hydroxylation is 1. The molecule has 8 heteroatoms. The van der Waals surface area contributed by atoms with Gasteiger partial charge in [0, 0.05) is 31.6 Å². The molecular formula is C23H36IN5OS. The van der Waals surface area contributed by atoms with Gasteiger partial charge in [0.15, 0.2) is 5.96 Å². The van der Waals surface area contributed by atoms with Crippen LogP contribution in [0.25, 0.3) is 0 Å². The Hall–Kier alpha value is -1.39. The summed E-state index contributed by atoms with van der Waals surface area (Å²) < 4.78 is 5.22. The first-order valence-electron chi connectivity index (χ1n) is 10.9. The number of ether oxygens (including phenoxy) is 1. The molecule has 1 aromatic carbocycles. The van der Waals surface area contributed by atoms with E-state index < -0.39 is 0 Å². The van der Waals surface area contributed by atoms with Crippen LogP contribution in [0.2, 0.25) is 0 Å². The van der Waals surface area contributed by atoms with Gasteiger partial charge in [-0.2, -0.15) is 0 Å². The van der Waals surface area contributed by atoms with Gasteiger partial charge >= 0.3 is 0 Å². The molecule has 1 fully saturated rings. The van der Waals surface area contributed by atoms with E-state index in [4.69, 9.17) is 9.73 Å². The van der Waals surface area contributed by atoms with Gasteiger partial charge in [0.25, 0.3) is 0 Å². The number of aliphatic imine (C=N–C) groups is 1. The minimum absolute atomic E-state index is 0. The zero-order valence-corrected chi connectivity index (χ0v) is 22.0. The fraction of sp³-hybridized carbons (Fsp3) is 0.565. The summed E-state index contributed by atoms with van der Waals surface area (Å²) in [6.07, 6.45) is 3.37. The second kappa shape index (κ2) is 13.9. The monoisotopic (exact) mass is 557 g/mol. The van der Waals surface area contributed by atoms with Gasteiger partial charge in [0.1, 0.15) is 5.75 Å². The minimum Gasteiger partial charge on any atom is -0.497 e. The van der Waals surface area contributed by atoms with E-state index in [1.165, 1.54) is 24.1 Å². The molecule has 0 aliphatic carbocycles. The molecule has 0 radical (unpaired) electrons. The van der Waals surface area contributed by atoms with Crippen molar-refractivity contribution in [3.63, 3.8) is 0 Å². The van der Waals surface area contributed by atoms with Crippen molar-refractivity contribution in [1.29, 1.82) is 0 Å². The standard InChI is InChI=1S/C23H35N5OS.HI/c1-4-24-23(25-12-9-19-5-7-22(29-3)8-6-19)26-15-20-10-13-28(14-11-20)16-21-17-30-18(2)27-21;/h5-8,17,20H,4,9-16H2,1-3H3,(H2,24,25,26);1H. The number of guanidine groups is 1. The highest BCUT2D eigenvalue weighted by atomic mass is 127. The van der Waals surface area contributed by atoms with Crippen LogP contribution in [0.5, 0.6) is 5.75 Å². The number of hydrogen-bond acceptors (Lipinski definition) is 5. The number of halogens is 1. The Labute approximate surface area is 207 Å². The van der Waals surface area contributed by atoms with Crippen molar-refractivity contribution in [2.45, 2.75) is 39.7 Å². The second-order valence-corrected chi connectivity index (χ2v) is 8.88. The van der Waals surface area contributed by atoms with E-state index >= 15 is 0 Å². The van der Waals surface area contributed by atoms with Crippen molar-refractivity contribution in [3.8, 4) is 5.75 Å². The first kappa shape index (κ1) is 25.9. The van der Waals surface area contributed by atoms with Gasteiger partial charge in [-0.1, -0.05) is 12.1 Å². The lowest BCUT2D eigenvalue weighted by atomic mass is 9.97. The van der Waals surface area contributed by atoms with E-state index in [0.717, 1.165) is 62.4 Å². The third kappa shape index (κ3) is 8.94. The molecule has 0 atom stereocenters. The van der Waals surface area contributed by atoms with Crippen LogP contribution in [0.4, 0.5) is 0 Å². The first-order valence-corrected chi connectivity index (χ1v) is 11.8. The number of nitrogens with zero attached hydrogens (tertiary/aromatic N) is 3. The summed E-state index contributed by atoms with van der Waals surface area (Å²) in [6, 6.07) is 8.25. The molecule has 1 aliphatic rings. The molecule has 1 aromatic heterocycles. The highest BCUT2D eigenvalue weighted by molar-refractivity contribution is 14.0. The van der Waals surface area contributed by atoms with Gasteiger partial charge in [-0.3, -0.25) is 9.89 Å². The Morgan fingerprint density at radius 2 is 1.97 bits per heavy atom. The van der Waals surface area contributed by atoms with Gasteiger partial charge in [-0.05, 0) is 69.8 Å². The lowest BCUT2D eigenvalue weighted by molar-refractivity contribution is 0.179. The molecule has 3 rings (SSSR count). The smallest absolute Gasteiger partial charge is 0.191 e. The Balaban J connectivity index is 0.00000341. The third-order valence-corrected chi connectivity index (χ3v) is 6.30. The molecule has 0 saturated carbocycles.